The predicted octanol–water partition coefficient (Wildman–Crippen LogP) is 4.44. The molecule has 0 N–H and O–H groups in total. The average Bonchev–Trinajstić information content (AvgIpc) is 2.92. The third-order valence-electron chi connectivity index (χ3n) is 4.94. The van der Waals surface area contributed by atoms with Crippen molar-refractivity contribution in [2.45, 2.75) is 20.8 Å². The van der Waals surface area contributed by atoms with Gasteiger partial charge in [-0.3, -0.25) is 0 Å². The number of nitrogens with zero attached hydrogens (tertiary/aromatic N) is 3. The first-order valence-electron chi connectivity index (χ1n) is 8.57. The number of hydrogen-bond donors (Lipinski definition) is 0. The van der Waals surface area contributed by atoms with E-state index in [1.54, 1.807) is 0 Å². The van der Waals surface area contributed by atoms with E-state index in [0.717, 1.165) is 22.7 Å². The summed E-state index contributed by atoms with van der Waals surface area (Å²) in [7, 11) is 2.12. The minimum atomic E-state index is 0.977. The van der Waals surface area contributed by atoms with Gasteiger partial charge < -0.3 is 0 Å². The molecule has 0 spiro atoms. The molecular formula is C22H22N3+. The van der Waals surface area contributed by atoms with Crippen LogP contribution in [0.5, 0.6) is 0 Å². The highest BCUT2D eigenvalue weighted by molar-refractivity contribution is 5.76. The molecule has 0 bridgehead atoms. The van der Waals surface area contributed by atoms with Crippen molar-refractivity contribution in [2.24, 2.45) is 7.05 Å². The molecule has 2 aromatic carbocycles. The molecule has 0 saturated carbocycles. The van der Waals surface area contributed by atoms with Crippen LogP contribution in [0.2, 0.25) is 0 Å². The predicted molar refractivity (Wildman–Crippen MR) is 102 cm³/mol. The Morgan fingerprint density at radius 3 is 2.44 bits per heavy atom. The highest BCUT2D eigenvalue weighted by Gasteiger charge is 2.28. The van der Waals surface area contributed by atoms with E-state index in [9.17, 15) is 0 Å². The van der Waals surface area contributed by atoms with Gasteiger partial charge in [0.1, 0.15) is 5.69 Å². The van der Waals surface area contributed by atoms with Crippen LogP contribution in [0.25, 0.3) is 28.2 Å². The third kappa shape index (κ3) is 2.43. The largest absolute Gasteiger partial charge is 0.296 e. The maximum atomic E-state index is 4.68. The summed E-state index contributed by atoms with van der Waals surface area (Å²) in [6.07, 6.45) is 1.86. The highest BCUT2D eigenvalue weighted by atomic mass is 15.2. The molecule has 0 radical (unpaired) electrons. The van der Waals surface area contributed by atoms with Crippen LogP contribution < -0.4 is 4.57 Å². The molecule has 0 atom stereocenters. The van der Waals surface area contributed by atoms with Crippen LogP contribution in [0, 0.1) is 20.8 Å². The lowest BCUT2D eigenvalue weighted by Crippen LogP contribution is -2.30. The van der Waals surface area contributed by atoms with Crippen molar-refractivity contribution in [2.75, 3.05) is 0 Å². The van der Waals surface area contributed by atoms with Crippen LogP contribution in [-0.2, 0) is 7.05 Å². The Morgan fingerprint density at radius 1 is 0.920 bits per heavy atom. The zero-order chi connectivity index (χ0) is 17.6. The van der Waals surface area contributed by atoms with Gasteiger partial charge >= 0.3 is 0 Å². The van der Waals surface area contributed by atoms with Gasteiger partial charge in [0.2, 0.25) is 0 Å². The monoisotopic (exact) mass is 328 g/mol. The van der Waals surface area contributed by atoms with Crippen molar-refractivity contribution in [1.29, 1.82) is 0 Å². The summed E-state index contributed by atoms with van der Waals surface area (Å²) in [5, 5.41) is 0. The zero-order valence-electron chi connectivity index (χ0n) is 15.1. The fourth-order valence-corrected chi connectivity index (χ4v) is 3.58. The fraction of sp³-hybridized carbons (Fsp3) is 0.182. The molecule has 0 saturated heterocycles. The van der Waals surface area contributed by atoms with Crippen LogP contribution in [0.3, 0.4) is 0 Å². The topological polar surface area (TPSA) is 21.7 Å². The third-order valence-corrected chi connectivity index (χ3v) is 4.94. The molecule has 3 heteroatoms. The second-order valence-corrected chi connectivity index (χ2v) is 6.65. The Morgan fingerprint density at radius 2 is 1.68 bits per heavy atom. The van der Waals surface area contributed by atoms with Gasteiger partial charge in [0.05, 0.1) is 12.6 Å². The maximum absolute atomic E-state index is 4.68. The lowest BCUT2D eigenvalue weighted by atomic mass is 9.99. The van der Waals surface area contributed by atoms with E-state index in [-0.39, 0.29) is 0 Å². The van der Waals surface area contributed by atoms with E-state index in [2.05, 4.69) is 84.4 Å². The van der Waals surface area contributed by atoms with Gasteiger partial charge in [-0.2, -0.15) is 4.57 Å². The number of pyridine rings is 1. The highest BCUT2D eigenvalue weighted by Crippen LogP contribution is 2.30. The summed E-state index contributed by atoms with van der Waals surface area (Å²) >= 11 is 0. The lowest BCUT2D eigenvalue weighted by molar-refractivity contribution is -0.633. The van der Waals surface area contributed by atoms with Gasteiger partial charge in [-0.25, -0.2) is 9.55 Å². The molecule has 25 heavy (non-hydrogen) atoms. The zero-order valence-corrected chi connectivity index (χ0v) is 15.1. The summed E-state index contributed by atoms with van der Waals surface area (Å²) < 4.78 is 4.51. The Bertz CT molecular complexity index is 1080. The van der Waals surface area contributed by atoms with E-state index in [4.69, 9.17) is 0 Å². The minimum Gasteiger partial charge on any atom is -0.224 e. The van der Waals surface area contributed by atoms with E-state index >= 15 is 0 Å². The molecule has 0 aliphatic rings. The Labute approximate surface area is 148 Å². The summed E-state index contributed by atoms with van der Waals surface area (Å²) in [6.45, 7) is 6.54. The number of imidazole rings is 1. The smallest absolute Gasteiger partial charge is 0.224 e. The average molecular weight is 328 g/mol. The summed E-state index contributed by atoms with van der Waals surface area (Å²) in [5.41, 5.74) is 8.37. The molecule has 0 aliphatic heterocycles. The minimum absolute atomic E-state index is 0.977. The first kappa shape index (κ1) is 15.6. The van der Waals surface area contributed by atoms with Crippen molar-refractivity contribution in [3.8, 4) is 17.1 Å². The molecular weight excluding hydrogens is 306 g/mol. The van der Waals surface area contributed by atoms with Crippen molar-refractivity contribution < 1.29 is 4.57 Å². The van der Waals surface area contributed by atoms with E-state index in [0.29, 0.717) is 0 Å². The number of hydrogen-bond acceptors (Lipinski definition) is 1. The Hall–Kier alpha value is -2.94. The number of aromatic nitrogens is 3. The summed E-state index contributed by atoms with van der Waals surface area (Å²) in [6, 6.07) is 19.1. The maximum Gasteiger partial charge on any atom is 0.296 e. The normalized spacial score (nSPS) is 11.2. The van der Waals surface area contributed by atoms with Crippen LogP contribution in [0.4, 0.5) is 0 Å². The molecule has 0 amide bonds. The van der Waals surface area contributed by atoms with Crippen LogP contribution >= 0.6 is 0 Å². The standard InChI is InChI=1S/C22H22N3/c1-15-13-16(2)17(3)19(14-15)22-24(4)20-11-8-12-23-21(20)25(22)18-9-6-5-7-10-18/h5-14H,1-4H3/q+1. The number of fused-ring (bicyclic) bond motifs is 1. The molecule has 0 unspecified atom stereocenters. The summed E-state index contributed by atoms with van der Waals surface area (Å²) in [4.78, 5) is 4.68. The molecule has 2 heterocycles. The SMILES string of the molecule is Cc1cc(C)c(C)c(-c2n(-c3ccccc3)c3ncccc3[n+]2C)c1. The van der Waals surface area contributed by atoms with Gasteiger partial charge in [0.25, 0.3) is 11.5 Å². The molecule has 4 aromatic rings. The molecule has 0 fully saturated rings. The first-order valence-corrected chi connectivity index (χ1v) is 8.57. The van der Waals surface area contributed by atoms with Gasteiger partial charge in [-0.1, -0.05) is 24.3 Å². The fourth-order valence-electron chi connectivity index (χ4n) is 3.58. The molecule has 124 valence electrons. The van der Waals surface area contributed by atoms with E-state index < -0.39 is 0 Å². The van der Waals surface area contributed by atoms with Gasteiger partial charge in [0, 0.05) is 6.20 Å². The number of rotatable bonds is 2. The molecule has 4 rings (SSSR count). The van der Waals surface area contributed by atoms with Gasteiger partial charge in [-0.05, 0) is 67.8 Å². The summed E-state index contributed by atoms with van der Waals surface area (Å²) in [5.74, 6) is 1.16. The lowest BCUT2D eigenvalue weighted by Gasteiger charge is -2.10. The van der Waals surface area contributed by atoms with E-state index in [1.807, 2.05) is 18.3 Å². The second-order valence-electron chi connectivity index (χ2n) is 6.65. The van der Waals surface area contributed by atoms with Crippen LogP contribution in [-0.4, -0.2) is 9.55 Å². The molecule has 3 nitrogen and oxygen atoms in total. The number of para-hydroxylation sites is 1. The Balaban J connectivity index is 2.17. The quantitative estimate of drug-likeness (QED) is 0.499. The number of aryl methyl sites for hydroxylation is 3. The van der Waals surface area contributed by atoms with Crippen LogP contribution in [0.1, 0.15) is 16.7 Å². The van der Waals surface area contributed by atoms with Crippen molar-refractivity contribution in [3.05, 3.63) is 77.5 Å². The second kappa shape index (κ2) is 5.85. The van der Waals surface area contributed by atoms with E-state index in [1.165, 1.54) is 22.3 Å². The van der Waals surface area contributed by atoms with Gasteiger partial charge in [0.15, 0.2) is 5.52 Å². The first-order chi connectivity index (χ1) is 12.1. The number of benzene rings is 2. The Kier molecular flexibility index (Phi) is 3.65. The van der Waals surface area contributed by atoms with Crippen LogP contribution in [0.15, 0.2) is 60.8 Å². The van der Waals surface area contributed by atoms with Crippen molar-refractivity contribution >= 4 is 11.2 Å². The van der Waals surface area contributed by atoms with Crippen molar-refractivity contribution in [1.82, 2.24) is 9.55 Å². The molecule has 2 aromatic heterocycles. The van der Waals surface area contributed by atoms with Gasteiger partial charge in [-0.15, -0.1) is 0 Å². The molecule has 0 aliphatic carbocycles. The van der Waals surface area contributed by atoms with Crippen molar-refractivity contribution in [3.63, 3.8) is 0 Å².